The minimum Gasteiger partial charge on any atom is -0.481 e. The Labute approximate surface area is 189 Å². The van der Waals surface area contributed by atoms with Crippen LogP contribution < -0.4 is 9.64 Å². The number of benzene rings is 1. The van der Waals surface area contributed by atoms with E-state index in [1.807, 2.05) is 18.2 Å². The Morgan fingerprint density at radius 1 is 1.32 bits per heavy atom. The van der Waals surface area contributed by atoms with Crippen LogP contribution in [0, 0.1) is 0 Å². The van der Waals surface area contributed by atoms with E-state index in [0.29, 0.717) is 36.8 Å². The zero-order chi connectivity index (χ0) is 22.0. The number of aromatic nitrogens is 2. The molecule has 4 rings (SSSR count). The molecule has 31 heavy (non-hydrogen) atoms. The standard InChI is InChI=1S/C21H25ClN4O4S/c1-13-11-25(21-23-17-5-3-15(22)9-18(17)31-21)12-14(2)26(13)7-8-29-19-10-16(30-24-19)4-6-20(27)28/h3,5,9-10,13-14H,4,6-8,11-12H2,1-2H3,(H,27,28)/t13-,14+. The van der Waals surface area contributed by atoms with Gasteiger partial charge in [0.1, 0.15) is 12.4 Å². The first-order valence-corrected chi connectivity index (χ1v) is 11.5. The largest absolute Gasteiger partial charge is 0.481 e. The van der Waals surface area contributed by atoms with Crippen LogP contribution in [0.5, 0.6) is 5.88 Å². The number of carboxylic acids is 1. The van der Waals surface area contributed by atoms with E-state index in [-0.39, 0.29) is 6.42 Å². The van der Waals surface area contributed by atoms with Gasteiger partial charge in [-0.05, 0) is 37.2 Å². The molecule has 0 bridgehead atoms. The molecule has 8 nitrogen and oxygen atoms in total. The molecule has 1 saturated heterocycles. The molecule has 10 heteroatoms. The van der Waals surface area contributed by atoms with Crippen molar-refractivity contribution < 1.29 is 19.2 Å². The number of hydrogen-bond acceptors (Lipinski definition) is 8. The van der Waals surface area contributed by atoms with Gasteiger partial charge in [-0.25, -0.2) is 4.98 Å². The number of ether oxygens (including phenoxy) is 1. The molecule has 0 radical (unpaired) electrons. The molecule has 166 valence electrons. The summed E-state index contributed by atoms with van der Waals surface area (Å²) in [4.78, 5) is 20.2. The Morgan fingerprint density at radius 2 is 2.10 bits per heavy atom. The highest BCUT2D eigenvalue weighted by molar-refractivity contribution is 7.22. The number of carboxylic acid groups (broad SMARTS) is 1. The highest BCUT2D eigenvalue weighted by Gasteiger charge is 2.30. The van der Waals surface area contributed by atoms with E-state index in [2.05, 4.69) is 28.8 Å². The highest BCUT2D eigenvalue weighted by Crippen LogP contribution is 2.32. The molecule has 3 aromatic rings. The summed E-state index contributed by atoms with van der Waals surface area (Å²) in [5, 5.41) is 14.4. The van der Waals surface area contributed by atoms with Crippen LogP contribution in [0.25, 0.3) is 10.2 Å². The fraction of sp³-hybridized carbons (Fsp3) is 0.476. The smallest absolute Gasteiger partial charge is 0.303 e. The number of carbonyl (C=O) groups is 1. The predicted octanol–water partition coefficient (Wildman–Crippen LogP) is 3.93. The summed E-state index contributed by atoms with van der Waals surface area (Å²) in [5.74, 6) is 0.0490. The zero-order valence-corrected chi connectivity index (χ0v) is 19.0. The van der Waals surface area contributed by atoms with Gasteiger partial charge in [-0.1, -0.05) is 22.9 Å². The van der Waals surface area contributed by atoms with Gasteiger partial charge in [-0.3, -0.25) is 9.69 Å². The normalized spacial score (nSPS) is 19.8. The molecule has 2 atom stereocenters. The Morgan fingerprint density at radius 3 is 2.84 bits per heavy atom. The van der Waals surface area contributed by atoms with Crippen molar-refractivity contribution in [3.8, 4) is 5.88 Å². The van der Waals surface area contributed by atoms with Crippen molar-refractivity contribution in [1.82, 2.24) is 15.0 Å². The third-order valence-corrected chi connectivity index (χ3v) is 6.75. The Balaban J connectivity index is 1.30. The van der Waals surface area contributed by atoms with Crippen LogP contribution in [0.3, 0.4) is 0 Å². The van der Waals surface area contributed by atoms with E-state index in [4.69, 9.17) is 31.0 Å². The van der Waals surface area contributed by atoms with Crippen molar-refractivity contribution >= 4 is 44.3 Å². The van der Waals surface area contributed by atoms with Crippen LogP contribution in [-0.4, -0.2) is 64.4 Å². The van der Waals surface area contributed by atoms with Crippen LogP contribution in [0.2, 0.25) is 5.02 Å². The lowest BCUT2D eigenvalue weighted by atomic mass is 10.1. The maximum absolute atomic E-state index is 10.6. The van der Waals surface area contributed by atoms with Gasteiger partial charge in [0, 0.05) is 49.2 Å². The minimum atomic E-state index is -0.865. The number of aliphatic carboxylic acids is 1. The Kier molecular flexibility index (Phi) is 6.64. The van der Waals surface area contributed by atoms with Crippen LogP contribution in [-0.2, 0) is 11.2 Å². The van der Waals surface area contributed by atoms with E-state index < -0.39 is 5.97 Å². The molecule has 1 aliphatic heterocycles. The van der Waals surface area contributed by atoms with Crippen LogP contribution >= 0.6 is 22.9 Å². The number of anilines is 1. The third kappa shape index (κ3) is 5.28. The number of nitrogens with zero attached hydrogens (tertiary/aromatic N) is 4. The first-order valence-electron chi connectivity index (χ1n) is 10.3. The van der Waals surface area contributed by atoms with Crippen LogP contribution in [0.4, 0.5) is 5.13 Å². The van der Waals surface area contributed by atoms with Crippen molar-refractivity contribution in [3.05, 3.63) is 35.0 Å². The van der Waals surface area contributed by atoms with Gasteiger partial charge in [-0.2, -0.15) is 0 Å². The van der Waals surface area contributed by atoms with E-state index >= 15 is 0 Å². The second kappa shape index (κ2) is 9.42. The van der Waals surface area contributed by atoms with Gasteiger partial charge in [-0.15, -0.1) is 0 Å². The molecule has 1 N–H and O–H groups in total. The average molecular weight is 465 g/mol. The molecule has 0 saturated carbocycles. The van der Waals surface area contributed by atoms with Crippen LogP contribution in [0.1, 0.15) is 26.0 Å². The fourth-order valence-electron chi connectivity index (χ4n) is 3.94. The number of piperazine rings is 1. The number of rotatable bonds is 8. The third-order valence-electron chi connectivity index (χ3n) is 5.43. The SMILES string of the molecule is C[C@@H]1CN(c2nc3ccc(Cl)cc3s2)C[C@H](C)N1CCOc1cc(CCC(=O)O)on1. The summed E-state index contributed by atoms with van der Waals surface area (Å²) in [6, 6.07) is 8.15. The molecular weight excluding hydrogens is 440 g/mol. The lowest BCUT2D eigenvalue weighted by molar-refractivity contribution is -0.137. The molecule has 1 fully saturated rings. The molecule has 0 aliphatic carbocycles. The minimum absolute atomic E-state index is 0.00956. The lowest BCUT2D eigenvalue weighted by Gasteiger charge is -2.44. The van der Waals surface area contributed by atoms with Gasteiger partial charge in [0.25, 0.3) is 5.88 Å². The van der Waals surface area contributed by atoms with Crippen molar-refractivity contribution in [2.45, 2.75) is 38.8 Å². The monoisotopic (exact) mass is 464 g/mol. The first-order chi connectivity index (χ1) is 14.9. The van der Waals surface area contributed by atoms with E-state index in [0.717, 1.165) is 40.0 Å². The first kappa shape index (κ1) is 21.9. The molecule has 0 unspecified atom stereocenters. The number of aryl methyl sites for hydroxylation is 1. The summed E-state index contributed by atoms with van der Waals surface area (Å²) in [7, 11) is 0. The number of halogens is 1. The van der Waals surface area contributed by atoms with Gasteiger partial charge in [0.2, 0.25) is 0 Å². The Bertz CT molecular complexity index is 1040. The maximum Gasteiger partial charge on any atom is 0.303 e. The van der Waals surface area contributed by atoms with E-state index in [1.165, 1.54) is 0 Å². The van der Waals surface area contributed by atoms with Gasteiger partial charge < -0.3 is 19.3 Å². The average Bonchev–Trinajstić information content (AvgIpc) is 3.34. The fourth-order valence-corrected chi connectivity index (χ4v) is 5.20. The maximum atomic E-state index is 10.6. The van der Waals surface area contributed by atoms with Crippen LogP contribution in [0.15, 0.2) is 28.8 Å². The zero-order valence-electron chi connectivity index (χ0n) is 17.5. The summed E-state index contributed by atoms with van der Waals surface area (Å²) >= 11 is 7.79. The predicted molar refractivity (Wildman–Crippen MR) is 120 cm³/mol. The van der Waals surface area contributed by atoms with Crippen molar-refractivity contribution in [2.24, 2.45) is 0 Å². The second-order valence-electron chi connectivity index (χ2n) is 7.82. The van der Waals surface area contributed by atoms with Crippen molar-refractivity contribution in [1.29, 1.82) is 0 Å². The van der Waals surface area contributed by atoms with Crippen molar-refractivity contribution in [2.75, 3.05) is 31.1 Å². The van der Waals surface area contributed by atoms with Gasteiger partial charge in [0.15, 0.2) is 5.13 Å². The molecule has 1 aliphatic rings. The molecule has 3 heterocycles. The van der Waals surface area contributed by atoms with Gasteiger partial charge in [0.05, 0.1) is 16.6 Å². The number of fused-ring (bicyclic) bond motifs is 1. The number of thiazole rings is 1. The van der Waals surface area contributed by atoms with E-state index in [1.54, 1.807) is 17.4 Å². The lowest BCUT2D eigenvalue weighted by Crippen LogP contribution is -2.57. The molecule has 1 aromatic carbocycles. The number of hydrogen-bond donors (Lipinski definition) is 1. The quantitative estimate of drug-likeness (QED) is 0.536. The van der Waals surface area contributed by atoms with Gasteiger partial charge >= 0.3 is 5.97 Å². The molecular formula is C21H25ClN4O4S. The topological polar surface area (TPSA) is 91.9 Å². The second-order valence-corrected chi connectivity index (χ2v) is 9.27. The summed E-state index contributed by atoms with van der Waals surface area (Å²) in [6.07, 6.45) is 0.315. The highest BCUT2D eigenvalue weighted by atomic mass is 35.5. The molecule has 0 spiro atoms. The summed E-state index contributed by atoms with van der Waals surface area (Å²) < 4.78 is 12.0. The Hall–Kier alpha value is -2.36. The van der Waals surface area contributed by atoms with Crippen molar-refractivity contribution in [3.63, 3.8) is 0 Å². The molecule has 0 amide bonds. The summed E-state index contributed by atoms with van der Waals surface area (Å²) in [5.41, 5.74) is 0.982. The molecule has 2 aromatic heterocycles. The summed E-state index contributed by atoms with van der Waals surface area (Å²) in [6.45, 7) is 7.46. The van der Waals surface area contributed by atoms with E-state index in [9.17, 15) is 4.79 Å².